The molecule has 1 aromatic rings. The number of nitrogens with zero attached hydrogens (tertiary/aromatic N) is 1. The van der Waals surface area contributed by atoms with Gasteiger partial charge in [0, 0.05) is 30.7 Å². The second kappa shape index (κ2) is 5.45. The Labute approximate surface area is 171 Å². The van der Waals surface area contributed by atoms with Gasteiger partial charge in [0.25, 0.3) is 5.95 Å². The molecule has 1 unspecified atom stereocenters. The van der Waals surface area contributed by atoms with E-state index in [0.717, 1.165) is 59.7 Å². The van der Waals surface area contributed by atoms with Gasteiger partial charge in [0.05, 0.1) is 25.0 Å². The maximum absolute atomic E-state index is 13.0. The molecule has 5 heteroatoms. The molecule has 2 aliphatic carbocycles. The van der Waals surface area contributed by atoms with Crippen LogP contribution in [0.1, 0.15) is 42.9 Å². The number of carbonyl (C=O) groups is 1. The maximum Gasteiger partial charge on any atom is 0.282 e. The van der Waals surface area contributed by atoms with Crippen molar-refractivity contribution in [2.75, 3.05) is 20.1 Å². The lowest BCUT2D eigenvalue weighted by Crippen LogP contribution is -2.72. The Kier molecular flexibility index (Phi) is 3.30. The second-order valence-corrected chi connectivity index (χ2v) is 9.83. The molecule has 2 bridgehead atoms. The Bertz CT molecular complexity index is 1010. The van der Waals surface area contributed by atoms with Gasteiger partial charge in [-0.05, 0) is 38.0 Å². The fourth-order valence-corrected chi connectivity index (χ4v) is 7.06. The number of hydrogen-bond acceptors (Lipinski definition) is 4. The first-order valence-electron chi connectivity index (χ1n) is 10.7. The average molecular weight is 394 g/mol. The largest absolute Gasteiger partial charge is 0.481 e. The van der Waals surface area contributed by atoms with E-state index in [2.05, 4.69) is 32.7 Å². The first-order valence-corrected chi connectivity index (χ1v) is 10.7. The molecule has 1 spiro atoms. The molecule has 5 nitrogen and oxygen atoms in total. The summed E-state index contributed by atoms with van der Waals surface area (Å²) in [5.74, 6) is 3.86. The summed E-state index contributed by atoms with van der Waals surface area (Å²) in [7, 11) is 2.35. The van der Waals surface area contributed by atoms with Gasteiger partial charge in [0.15, 0.2) is 17.6 Å². The lowest BCUT2D eigenvalue weighted by atomic mass is 9.51. The molecule has 0 amide bonds. The highest BCUT2D eigenvalue weighted by atomic mass is 16.7. The number of likely N-dealkylation sites (N-methyl/N-ethyl adjacent to an activating group) is 1. The van der Waals surface area contributed by atoms with Crippen LogP contribution in [0.4, 0.5) is 0 Å². The van der Waals surface area contributed by atoms with Crippen LogP contribution in [0.2, 0.25) is 0 Å². The molecule has 6 rings (SSSR count). The van der Waals surface area contributed by atoms with E-state index in [1.54, 1.807) is 0 Å². The monoisotopic (exact) mass is 394 g/mol. The van der Waals surface area contributed by atoms with Gasteiger partial charge in [-0.2, -0.15) is 0 Å². The molecule has 2 fully saturated rings. The Morgan fingerprint density at radius 2 is 2.10 bits per heavy atom. The molecule has 3 aliphatic heterocycles. The number of carbonyl (C=O) groups excluding carboxylic acids is 1. The van der Waals surface area contributed by atoms with Crippen molar-refractivity contribution in [1.82, 2.24) is 0 Å². The zero-order chi connectivity index (χ0) is 20.1. The number of ether oxygens (including phenoxy) is 3. The lowest BCUT2D eigenvalue weighted by molar-refractivity contribution is -0.942. The summed E-state index contributed by atoms with van der Waals surface area (Å²) in [6.45, 7) is 9.69. The smallest absolute Gasteiger partial charge is 0.282 e. The first-order chi connectivity index (χ1) is 13.8. The highest BCUT2D eigenvalue weighted by molar-refractivity contribution is 5.88. The van der Waals surface area contributed by atoms with Crippen LogP contribution in [0.3, 0.4) is 0 Å². The van der Waals surface area contributed by atoms with E-state index in [1.165, 1.54) is 11.1 Å². The number of likely N-dealkylation sites (tertiary alicyclic amines) is 1. The molecule has 0 radical (unpaired) electrons. The van der Waals surface area contributed by atoms with E-state index >= 15 is 0 Å². The first kappa shape index (κ1) is 17.6. The van der Waals surface area contributed by atoms with Gasteiger partial charge < -0.3 is 18.7 Å². The fourth-order valence-electron chi connectivity index (χ4n) is 7.06. The van der Waals surface area contributed by atoms with Crippen LogP contribution < -0.4 is 4.74 Å². The number of hydrogen-bond donors (Lipinski definition) is 0. The number of aryl methyl sites for hydroxylation is 1. The van der Waals surface area contributed by atoms with Crippen molar-refractivity contribution in [3.8, 4) is 5.75 Å². The predicted molar refractivity (Wildman–Crippen MR) is 107 cm³/mol. The lowest BCUT2D eigenvalue weighted by Gasteiger charge is -2.60. The molecule has 1 saturated carbocycles. The normalized spacial score (nSPS) is 39.1. The summed E-state index contributed by atoms with van der Waals surface area (Å²) < 4.78 is 18.7. The molecule has 29 heavy (non-hydrogen) atoms. The SMILES string of the molecule is C=C1OC(C)=C(C[N@+]2(C)CC[C@]34c5c6ccc(C)c5O[C@H]3C(=O)CC[C@H]4C2C6)O1. The van der Waals surface area contributed by atoms with E-state index in [4.69, 9.17) is 14.2 Å². The molecule has 1 saturated heterocycles. The third-order valence-corrected chi connectivity index (χ3v) is 8.40. The highest BCUT2D eigenvalue weighted by Crippen LogP contribution is 2.63. The quantitative estimate of drug-likeness (QED) is 0.721. The van der Waals surface area contributed by atoms with Gasteiger partial charge in [0.2, 0.25) is 0 Å². The Morgan fingerprint density at radius 1 is 1.28 bits per heavy atom. The molecule has 0 aromatic heterocycles. The van der Waals surface area contributed by atoms with Crippen LogP contribution in [0.5, 0.6) is 5.75 Å². The standard InChI is InChI=1S/C24H28NO4/c1-13-5-6-16-11-18-17-7-8-19(26)23-24(17,21(16)22(13)29-23)9-10-25(18,4)12-20-14(2)27-15(3)28-20/h5-6,17-18,23H,3,7-12H2,1-2,4H3/q+1/t17-,18?,23-,24-,25-/m0/s1. The second-order valence-electron chi connectivity index (χ2n) is 9.83. The van der Waals surface area contributed by atoms with Crippen molar-refractivity contribution in [1.29, 1.82) is 0 Å². The van der Waals surface area contributed by atoms with Gasteiger partial charge in [-0.1, -0.05) is 12.1 Å². The van der Waals surface area contributed by atoms with Crippen LogP contribution in [0.15, 0.2) is 36.2 Å². The third-order valence-electron chi connectivity index (χ3n) is 8.40. The number of rotatable bonds is 2. The molecule has 152 valence electrons. The number of allylic oxidation sites excluding steroid dienone is 1. The van der Waals surface area contributed by atoms with Crippen molar-refractivity contribution < 1.29 is 23.5 Å². The molecular formula is C24H28NO4+. The van der Waals surface area contributed by atoms with Gasteiger partial charge >= 0.3 is 0 Å². The third kappa shape index (κ3) is 2.07. The van der Waals surface area contributed by atoms with Crippen LogP contribution in [0.25, 0.3) is 0 Å². The number of benzene rings is 1. The summed E-state index contributed by atoms with van der Waals surface area (Å²) in [5, 5.41) is 0. The zero-order valence-electron chi connectivity index (χ0n) is 17.4. The average Bonchev–Trinajstić information content (AvgIpc) is 3.19. The molecular weight excluding hydrogens is 366 g/mol. The number of ketones is 1. The van der Waals surface area contributed by atoms with E-state index in [1.807, 2.05) is 6.92 Å². The van der Waals surface area contributed by atoms with Crippen molar-refractivity contribution in [2.45, 2.75) is 57.1 Å². The predicted octanol–water partition coefficient (Wildman–Crippen LogP) is 3.50. The van der Waals surface area contributed by atoms with Crippen LogP contribution in [-0.2, 0) is 26.1 Å². The molecule has 3 heterocycles. The minimum atomic E-state index is -0.292. The van der Waals surface area contributed by atoms with Crippen molar-refractivity contribution in [2.24, 2.45) is 5.92 Å². The Morgan fingerprint density at radius 3 is 2.86 bits per heavy atom. The Balaban J connectivity index is 1.48. The van der Waals surface area contributed by atoms with E-state index in [9.17, 15) is 4.79 Å². The van der Waals surface area contributed by atoms with Crippen molar-refractivity contribution in [3.63, 3.8) is 0 Å². The number of quaternary nitrogens is 1. The van der Waals surface area contributed by atoms with Crippen LogP contribution >= 0.6 is 0 Å². The summed E-state index contributed by atoms with van der Waals surface area (Å²) in [6.07, 6.45) is 3.32. The summed E-state index contributed by atoms with van der Waals surface area (Å²) >= 11 is 0. The van der Waals surface area contributed by atoms with Crippen molar-refractivity contribution in [3.05, 3.63) is 52.9 Å². The van der Waals surface area contributed by atoms with Crippen molar-refractivity contribution >= 4 is 5.78 Å². The van der Waals surface area contributed by atoms with Crippen LogP contribution in [-0.4, -0.2) is 42.5 Å². The maximum atomic E-state index is 13.0. The zero-order valence-corrected chi connectivity index (χ0v) is 17.4. The van der Waals surface area contributed by atoms with E-state index in [0.29, 0.717) is 30.1 Å². The number of Topliss-reactive ketones (excluding diaryl/α,β-unsaturated/α-hetero) is 1. The van der Waals surface area contributed by atoms with Crippen LogP contribution in [0, 0.1) is 12.8 Å². The van der Waals surface area contributed by atoms with Gasteiger partial charge in [0.1, 0.15) is 18.1 Å². The Hall–Kier alpha value is -2.27. The summed E-state index contributed by atoms with van der Waals surface area (Å²) in [4.78, 5) is 13.0. The molecule has 5 aliphatic rings. The number of piperidine rings is 1. The topological polar surface area (TPSA) is 44.8 Å². The molecule has 0 N–H and O–H groups in total. The minimum absolute atomic E-state index is 0.132. The fraction of sp³-hybridized carbons (Fsp3) is 0.542. The van der Waals surface area contributed by atoms with Gasteiger partial charge in [-0.25, -0.2) is 0 Å². The highest BCUT2D eigenvalue weighted by Gasteiger charge is 2.69. The van der Waals surface area contributed by atoms with E-state index < -0.39 is 0 Å². The summed E-state index contributed by atoms with van der Waals surface area (Å²) in [6, 6.07) is 4.89. The minimum Gasteiger partial charge on any atom is -0.481 e. The van der Waals surface area contributed by atoms with Gasteiger partial charge in [-0.3, -0.25) is 4.79 Å². The van der Waals surface area contributed by atoms with Gasteiger partial charge in [-0.15, -0.1) is 0 Å². The van der Waals surface area contributed by atoms with E-state index in [-0.39, 0.29) is 11.5 Å². The molecule has 1 aromatic carbocycles. The molecule has 5 atom stereocenters. The summed E-state index contributed by atoms with van der Waals surface area (Å²) in [5.41, 5.74) is 3.78.